The Labute approximate surface area is 137 Å². The van der Waals surface area contributed by atoms with E-state index in [0.717, 1.165) is 5.56 Å². The van der Waals surface area contributed by atoms with Crippen molar-refractivity contribution in [2.75, 3.05) is 0 Å². The van der Waals surface area contributed by atoms with E-state index in [1.54, 1.807) is 18.3 Å². The van der Waals surface area contributed by atoms with Gasteiger partial charge in [-0.3, -0.25) is 4.98 Å². The highest BCUT2D eigenvalue weighted by molar-refractivity contribution is 6.33. The zero-order chi connectivity index (χ0) is 16.1. The molecule has 0 radical (unpaired) electrons. The molecule has 0 saturated heterocycles. The van der Waals surface area contributed by atoms with Crippen LogP contribution >= 0.6 is 11.6 Å². The molecule has 7 heteroatoms. The second-order valence-corrected chi connectivity index (χ2v) is 4.91. The van der Waals surface area contributed by atoms with Gasteiger partial charge < -0.3 is 10.2 Å². The first-order valence-electron chi connectivity index (χ1n) is 6.71. The maximum atomic E-state index is 6.14. The Bertz CT molecular complexity index is 858. The molecule has 0 aliphatic rings. The van der Waals surface area contributed by atoms with Crippen molar-refractivity contribution in [3.8, 4) is 11.3 Å². The van der Waals surface area contributed by atoms with E-state index in [9.17, 15) is 0 Å². The van der Waals surface area contributed by atoms with Crippen LogP contribution in [0.4, 0.5) is 0 Å². The third kappa shape index (κ3) is 3.61. The van der Waals surface area contributed by atoms with Crippen LogP contribution in [0.15, 0.2) is 69.6 Å². The highest BCUT2D eigenvalue weighted by Gasteiger charge is 2.06. The Morgan fingerprint density at radius 3 is 2.83 bits per heavy atom. The summed E-state index contributed by atoms with van der Waals surface area (Å²) in [6.07, 6.45) is 6.06. The lowest BCUT2D eigenvalue weighted by atomic mass is 10.2. The van der Waals surface area contributed by atoms with E-state index in [-0.39, 0.29) is 5.84 Å². The fourth-order valence-electron chi connectivity index (χ4n) is 1.86. The smallest absolute Gasteiger partial charge is 0.173 e. The third-order valence-corrected chi connectivity index (χ3v) is 3.27. The normalized spacial score (nSPS) is 12.0. The Balaban J connectivity index is 1.76. The van der Waals surface area contributed by atoms with Crippen LogP contribution in [0.3, 0.4) is 0 Å². The van der Waals surface area contributed by atoms with Crippen molar-refractivity contribution in [3.05, 3.63) is 71.5 Å². The molecule has 23 heavy (non-hydrogen) atoms. The average molecular weight is 326 g/mol. The number of nitrogens with zero attached hydrogens (tertiary/aromatic N) is 4. The van der Waals surface area contributed by atoms with Crippen molar-refractivity contribution in [1.82, 2.24) is 9.97 Å². The molecule has 114 valence electrons. The lowest BCUT2D eigenvalue weighted by Crippen LogP contribution is -2.14. The van der Waals surface area contributed by atoms with E-state index in [1.807, 2.05) is 24.3 Å². The molecule has 0 unspecified atom stereocenters. The molecule has 0 fully saturated rings. The number of benzene rings is 1. The lowest BCUT2D eigenvalue weighted by Gasteiger charge is -1.98. The number of hydrogen-bond donors (Lipinski definition) is 1. The Morgan fingerprint density at radius 1 is 1.17 bits per heavy atom. The Hall–Kier alpha value is -2.99. The molecule has 2 N–H and O–H groups in total. The second-order valence-electron chi connectivity index (χ2n) is 4.50. The first-order chi connectivity index (χ1) is 11.2. The molecule has 2 aromatic heterocycles. The molecule has 3 aromatic rings. The van der Waals surface area contributed by atoms with E-state index < -0.39 is 0 Å². The first kappa shape index (κ1) is 14.9. The fourth-order valence-corrected chi connectivity index (χ4v) is 2.09. The zero-order valence-corrected chi connectivity index (χ0v) is 12.7. The highest BCUT2D eigenvalue weighted by atomic mass is 35.5. The van der Waals surface area contributed by atoms with Gasteiger partial charge in [0.15, 0.2) is 5.84 Å². The van der Waals surface area contributed by atoms with Gasteiger partial charge in [-0.15, -0.1) is 5.10 Å². The number of halogens is 1. The second kappa shape index (κ2) is 6.85. The number of amidine groups is 1. The Kier molecular flexibility index (Phi) is 4.44. The van der Waals surface area contributed by atoms with E-state index >= 15 is 0 Å². The van der Waals surface area contributed by atoms with Crippen LogP contribution in [0, 0.1) is 0 Å². The van der Waals surface area contributed by atoms with Crippen LogP contribution in [0.1, 0.15) is 11.5 Å². The largest absolute Gasteiger partial charge is 0.455 e. The summed E-state index contributed by atoms with van der Waals surface area (Å²) in [6, 6.07) is 11.0. The van der Waals surface area contributed by atoms with E-state index in [4.69, 9.17) is 21.8 Å². The molecule has 3 rings (SSSR count). The molecule has 6 nitrogen and oxygen atoms in total. The standard InChI is InChI=1S/C16H12ClN5O/c17-13-4-2-1-3-12(13)15-6-5-11(23-15)9-21-22-16(18)14-10-19-7-8-20-14/h1-10H,(H2,18,22)/b21-9+. The van der Waals surface area contributed by atoms with Gasteiger partial charge in [0.1, 0.15) is 17.2 Å². The number of rotatable bonds is 4. The minimum absolute atomic E-state index is 0.173. The predicted molar refractivity (Wildman–Crippen MR) is 89.5 cm³/mol. The minimum Gasteiger partial charge on any atom is -0.455 e. The van der Waals surface area contributed by atoms with Crippen molar-refractivity contribution in [1.29, 1.82) is 0 Å². The summed E-state index contributed by atoms with van der Waals surface area (Å²) >= 11 is 6.14. The van der Waals surface area contributed by atoms with E-state index in [0.29, 0.717) is 22.2 Å². The number of hydrogen-bond acceptors (Lipinski definition) is 5. The summed E-state index contributed by atoms with van der Waals surface area (Å²) in [5.41, 5.74) is 7.04. The van der Waals surface area contributed by atoms with Crippen molar-refractivity contribution in [3.63, 3.8) is 0 Å². The van der Waals surface area contributed by atoms with Crippen LogP contribution in [0.2, 0.25) is 5.02 Å². The summed E-state index contributed by atoms with van der Waals surface area (Å²) in [5, 5.41) is 8.38. The maximum Gasteiger partial charge on any atom is 0.173 e. The number of aromatic nitrogens is 2. The molecule has 0 saturated carbocycles. The van der Waals surface area contributed by atoms with Crippen molar-refractivity contribution in [2.45, 2.75) is 0 Å². The molecule has 1 aromatic carbocycles. The third-order valence-electron chi connectivity index (χ3n) is 2.94. The van der Waals surface area contributed by atoms with Crippen LogP contribution < -0.4 is 5.73 Å². The van der Waals surface area contributed by atoms with E-state index in [1.165, 1.54) is 18.6 Å². The molecule has 2 heterocycles. The van der Waals surface area contributed by atoms with Crippen LogP contribution in [-0.2, 0) is 0 Å². The van der Waals surface area contributed by atoms with Gasteiger partial charge in [-0.25, -0.2) is 4.98 Å². The summed E-state index contributed by atoms with van der Waals surface area (Å²) in [4.78, 5) is 7.94. The molecule has 0 spiro atoms. The van der Waals surface area contributed by atoms with Gasteiger partial charge in [0, 0.05) is 18.0 Å². The van der Waals surface area contributed by atoms with Gasteiger partial charge in [0.05, 0.1) is 17.4 Å². The molecular formula is C16H12ClN5O. The SMILES string of the molecule is N/C(=N\N=C\c1ccc(-c2ccccc2Cl)o1)c1cnccn1. The lowest BCUT2D eigenvalue weighted by molar-refractivity contribution is 0.575. The average Bonchev–Trinajstić information content (AvgIpc) is 3.04. The number of furan rings is 1. The highest BCUT2D eigenvalue weighted by Crippen LogP contribution is 2.28. The topological polar surface area (TPSA) is 89.7 Å². The van der Waals surface area contributed by atoms with Crippen molar-refractivity contribution in [2.24, 2.45) is 15.9 Å². The Morgan fingerprint density at radius 2 is 2.04 bits per heavy atom. The molecule has 0 aliphatic carbocycles. The van der Waals surface area contributed by atoms with E-state index in [2.05, 4.69) is 20.2 Å². The molecule has 0 amide bonds. The van der Waals surface area contributed by atoms with Gasteiger partial charge in [0.2, 0.25) is 0 Å². The van der Waals surface area contributed by atoms with Crippen molar-refractivity contribution >= 4 is 23.7 Å². The molecule has 0 bridgehead atoms. The monoisotopic (exact) mass is 325 g/mol. The quantitative estimate of drug-likeness (QED) is 0.453. The van der Waals surface area contributed by atoms with Crippen LogP contribution in [-0.4, -0.2) is 22.0 Å². The van der Waals surface area contributed by atoms with Crippen molar-refractivity contribution < 1.29 is 4.42 Å². The van der Waals surface area contributed by atoms with Gasteiger partial charge >= 0.3 is 0 Å². The maximum absolute atomic E-state index is 6.14. The summed E-state index contributed by atoms with van der Waals surface area (Å²) in [6.45, 7) is 0. The molecule has 0 atom stereocenters. The minimum atomic E-state index is 0.173. The van der Waals surface area contributed by atoms with Gasteiger partial charge in [-0.1, -0.05) is 23.7 Å². The summed E-state index contributed by atoms with van der Waals surface area (Å²) in [5.74, 6) is 1.37. The summed E-state index contributed by atoms with van der Waals surface area (Å²) < 4.78 is 5.67. The summed E-state index contributed by atoms with van der Waals surface area (Å²) in [7, 11) is 0. The predicted octanol–water partition coefficient (Wildman–Crippen LogP) is 3.13. The van der Waals surface area contributed by atoms with Crippen LogP contribution in [0.25, 0.3) is 11.3 Å². The van der Waals surface area contributed by atoms with Gasteiger partial charge in [-0.05, 0) is 24.3 Å². The molecular weight excluding hydrogens is 314 g/mol. The molecule has 0 aliphatic heterocycles. The van der Waals surface area contributed by atoms with Gasteiger partial charge in [0.25, 0.3) is 0 Å². The van der Waals surface area contributed by atoms with Crippen LogP contribution in [0.5, 0.6) is 0 Å². The first-order valence-corrected chi connectivity index (χ1v) is 7.09. The van der Waals surface area contributed by atoms with Gasteiger partial charge in [-0.2, -0.15) is 5.10 Å². The zero-order valence-electron chi connectivity index (χ0n) is 11.9. The fraction of sp³-hybridized carbons (Fsp3) is 0. The number of nitrogens with two attached hydrogens (primary N) is 1.